The van der Waals surface area contributed by atoms with Crippen molar-refractivity contribution in [2.45, 2.75) is 25.0 Å². The number of ether oxygens (including phenoxy) is 1. The van der Waals surface area contributed by atoms with Gasteiger partial charge in [0, 0.05) is 38.1 Å². The summed E-state index contributed by atoms with van der Waals surface area (Å²) in [5.41, 5.74) is 4.24. The van der Waals surface area contributed by atoms with Gasteiger partial charge in [-0.1, -0.05) is 12.1 Å². The number of amides is 1. The lowest BCUT2D eigenvalue weighted by Crippen LogP contribution is -2.40. The second-order valence-corrected chi connectivity index (χ2v) is 7.94. The zero-order valence-corrected chi connectivity index (χ0v) is 17.3. The minimum atomic E-state index is -0.987. The normalized spacial score (nSPS) is 21.3. The number of hydrogen-bond acceptors (Lipinski definition) is 5. The summed E-state index contributed by atoms with van der Waals surface area (Å²) in [4.78, 5) is 28.6. The summed E-state index contributed by atoms with van der Waals surface area (Å²) in [6.45, 7) is 2.62. The van der Waals surface area contributed by atoms with Gasteiger partial charge in [0.2, 0.25) is 5.91 Å². The molecule has 30 heavy (non-hydrogen) atoms. The topological polar surface area (TPSA) is 82.1 Å². The van der Waals surface area contributed by atoms with Gasteiger partial charge in [0.25, 0.3) is 0 Å². The summed E-state index contributed by atoms with van der Waals surface area (Å²) in [5, 5.41) is 12.0. The van der Waals surface area contributed by atoms with Crippen molar-refractivity contribution in [1.29, 1.82) is 0 Å². The quantitative estimate of drug-likeness (QED) is 0.790. The Bertz CT molecular complexity index is 944. The van der Waals surface area contributed by atoms with Gasteiger partial charge in [-0.25, -0.2) is 4.79 Å². The van der Waals surface area contributed by atoms with Crippen molar-refractivity contribution in [3.05, 3.63) is 59.2 Å². The summed E-state index contributed by atoms with van der Waals surface area (Å²) < 4.78 is 5.52. The third-order valence-electron chi connectivity index (χ3n) is 6.10. The van der Waals surface area contributed by atoms with Crippen molar-refractivity contribution < 1.29 is 19.4 Å². The van der Waals surface area contributed by atoms with Gasteiger partial charge in [-0.05, 0) is 61.3 Å². The number of nitrogens with zero attached hydrogens (tertiary/aromatic N) is 2. The lowest BCUT2D eigenvalue weighted by Gasteiger charge is -2.36. The molecule has 1 amide bonds. The van der Waals surface area contributed by atoms with Crippen molar-refractivity contribution >= 4 is 23.3 Å². The number of benzene rings is 2. The lowest BCUT2D eigenvalue weighted by atomic mass is 9.90. The van der Waals surface area contributed by atoms with E-state index in [1.807, 2.05) is 19.2 Å². The van der Waals surface area contributed by atoms with Crippen LogP contribution in [0.2, 0.25) is 0 Å². The van der Waals surface area contributed by atoms with E-state index in [-0.39, 0.29) is 17.6 Å². The highest BCUT2D eigenvalue weighted by molar-refractivity contribution is 5.97. The standard InChI is InChI=1S/C23H27N3O4/c1-25-12-11-18-19(4-3-5-20(18)26-13-10-17(14-26)30-2)21(25)22(27)24-16-8-6-15(7-9-16)23(28)29/h3-9,17,21H,10-14H2,1-2H3,(H,24,27)(H,28,29). The first kappa shape index (κ1) is 20.4. The van der Waals surface area contributed by atoms with E-state index in [9.17, 15) is 9.59 Å². The van der Waals surface area contributed by atoms with E-state index in [1.165, 1.54) is 23.4 Å². The second kappa shape index (κ2) is 8.45. The van der Waals surface area contributed by atoms with Crippen LogP contribution in [0.25, 0.3) is 0 Å². The van der Waals surface area contributed by atoms with E-state index in [2.05, 4.69) is 21.2 Å². The fourth-order valence-electron chi connectivity index (χ4n) is 4.46. The van der Waals surface area contributed by atoms with Crippen LogP contribution in [-0.2, 0) is 16.0 Å². The summed E-state index contributed by atoms with van der Waals surface area (Å²) >= 11 is 0. The number of carbonyl (C=O) groups is 2. The number of carboxylic acids is 1. The van der Waals surface area contributed by atoms with Gasteiger partial charge in [-0.15, -0.1) is 0 Å². The van der Waals surface area contributed by atoms with Gasteiger partial charge in [-0.2, -0.15) is 0 Å². The zero-order valence-electron chi connectivity index (χ0n) is 17.3. The zero-order chi connectivity index (χ0) is 21.3. The molecule has 0 radical (unpaired) electrons. The maximum Gasteiger partial charge on any atom is 0.335 e. The fraction of sp³-hybridized carbons (Fsp3) is 0.391. The first-order valence-electron chi connectivity index (χ1n) is 10.2. The molecule has 2 atom stereocenters. The molecule has 0 bridgehead atoms. The van der Waals surface area contributed by atoms with E-state index >= 15 is 0 Å². The molecule has 0 aliphatic carbocycles. The van der Waals surface area contributed by atoms with Gasteiger partial charge in [0.1, 0.15) is 6.04 Å². The van der Waals surface area contributed by atoms with Crippen LogP contribution < -0.4 is 10.2 Å². The number of fused-ring (bicyclic) bond motifs is 1. The first-order chi connectivity index (χ1) is 14.5. The molecule has 0 aromatic heterocycles. The molecular weight excluding hydrogens is 382 g/mol. The molecule has 7 heteroatoms. The van der Waals surface area contributed by atoms with Crippen LogP contribution in [0.5, 0.6) is 0 Å². The van der Waals surface area contributed by atoms with Crippen LogP contribution in [-0.4, -0.2) is 61.8 Å². The van der Waals surface area contributed by atoms with E-state index < -0.39 is 12.0 Å². The molecule has 1 fully saturated rings. The SMILES string of the molecule is COC1CCN(c2cccc3c2CCN(C)C3C(=O)Nc2ccc(C(=O)O)cc2)C1. The number of nitrogens with one attached hydrogen (secondary N) is 1. The van der Waals surface area contributed by atoms with Gasteiger partial charge < -0.3 is 20.1 Å². The predicted molar refractivity (Wildman–Crippen MR) is 115 cm³/mol. The summed E-state index contributed by atoms with van der Waals surface area (Å²) in [5.74, 6) is -1.10. The molecular formula is C23H27N3O4. The smallest absolute Gasteiger partial charge is 0.335 e. The van der Waals surface area contributed by atoms with Crippen molar-refractivity contribution in [2.75, 3.05) is 44.0 Å². The number of carbonyl (C=O) groups excluding carboxylic acids is 1. The van der Waals surface area contributed by atoms with E-state index in [0.717, 1.165) is 38.0 Å². The van der Waals surface area contributed by atoms with E-state index in [4.69, 9.17) is 9.84 Å². The summed E-state index contributed by atoms with van der Waals surface area (Å²) in [6, 6.07) is 12.0. The Labute approximate surface area is 176 Å². The van der Waals surface area contributed by atoms with Crippen LogP contribution in [0.15, 0.2) is 42.5 Å². The van der Waals surface area contributed by atoms with Gasteiger partial charge in [0.15, 0.2) is 0 Å². The Morgan fingerprint density at radius 3 is 2.57 bits per heavy atom. The second-order valence-electron chi connectivity index (χ2n) is 7.94. The maximum atomic E-state index is 13.2. The lowest BCUT2D eigenvalue weighted by molar-refractivity contribution is -0.121. The van der Waals surface area contributed by atoms with E-state index in [0.29, 0.717) is 5.69 Å². The number of likely N-dealkylation sites (N-methyl/N-ethyl adjacent to an activating group) is 1. The maximum absolute atomic E-state index is 13.2. The highest BCUT2D eigenvalue weighted by Gasteiger charge is 2.34. The van der Waals surface area contributed by atoms with Crippen LogP contribution in [0, 0.1) is 0 Å². The molecule has 4 rings (SSSR count). The first-order valence-corrected chi connectivity index (χ1v) is 10.2. The summed E-state index contributed by atoms with van der Waals surface area (Å²) in [6.07, 6.45) is 2.16. The fourth-order valence-corrected chi connectivity index (χ4v) is 4.46. The molecule has 0 spiro atoms. The predicted octanol–water partition coefficient (Wildman–Crippen LogP) is 2.78. The minimum absolute atomic E-state index is 0.116. The van der Waals surface area contributed by atoms with E-state index in [1.54, 1.807) is 19.2 Å². The molecule has 2 aliphatic rings. The number of rotatable bonds is 5. The number of anilines is 2. The van der Waals surface area contributed by atoms with Crippen LogP contribution in [0.4, 0.5) is 11.4 Å². The molecule has 158 valence electrons. The van der Waals surface area contributed by atoms with Crippen molar-refractivity contribution in [2.24, 2.45) is 0 Å². The number of carboxylic acid groups (broad SMARTS) is 1. The number of aromatic carboxylic acids is 1. The molecule has 2 aliphatic heterocycles. The van der Waals surface area contributed by atoms with Crippen molar-refractivity contribution in [1.82, 2.24) is 4.90 Å². The Kier molecular flexibility index (Phi) is 5.74. The Morgan fingerprint density at radius 1 is 1.13 bits per heavy atom. The molecule has 2 unspecified atom stereocenters. The average molecular weight is 409 g/mol. The third-order valence-corrected chi connectivity index (χ3v) is 6.10. The number of hydrogen-bond donors (Lipinski definition) is 2. The third kappa shape index (κ3) is 3.91. The van der Waals surface area contributed by atoms with Crippen molar-refractivity contribution in [3.63, 3.8) is 0 Å². The summed E-state index contributed by atoms with van der Waals surface area (Å²) in [7, 11) is 3.72. The molecule has 2 aromatic rings. The molecule has 2 heterocycles. The van der Waals surface area contributed by atoms with Gasteiger partial charge in [0.05, 0.1) is 11.7 Å². The Morgan fingerprint density at radius 2 is 1.90 bits per heavy atom. The van der Waals surface area contributed by atoms with Crippen LogP contribution in [0.3, 0.4) is 0 Å². The Balaban J connectivity index is 1.58. The van der Waals surface area contributed by atoms with Gasteiger partial charge >= 0.3 is 5.97 Å². The molecule has 7 nitrogen and oxygen atoms in total. The monoisotopic (exact) mass is 409 g/mol. The van der Waals surface area contributed by atoms with Crippen molar-refractivity contribution in [3.8, 4) is 0 Å². The highest BCUT2D eigenvalue weighted by Crippen LogP contribution is 2.36. The van der Waals surface area contributed by atoms with Crippen LogP contribution in [0.1, 0.15) is 33.9 Å². The largest absolute Gasteiger partial charge is 0.478 e. The average Bonchev–Trinajstić information content (AvgIpc) is 3.22. The minimum Gasteiger partial charge on any atom is -0.478 e. The number of methoxy groups -OCH3 is 1. The molecule has 2 aromatic carbocycles. The highest BCUT2D eigenvalue weighted by atomic mass is 16.5. The molecule has 1 saturated heterocycles. The Hall–Kier alpha value is -2.90. The van der Waals surface area contributed by atoms with Crippen LogP contribution >= 0.6 is 0 Å². The van der Waals surface area contributed by atoms with Gasteiger partial charge in [-0.3, -0.25) is 9.69 Å². The molecule has 2 N–H and O–H groups in total. The molecule has 0 saturated carbocycles.